The summed E-state index contributed by atoms with van der Waals surface area (Å²) >= 11 is 6.17. The van der Waals surface area contributed by atoms with Gasteiger partial charge in [-0.15, -0.1) is 13.2 Å². The number of amides is 3. The Hall–Kier alpha value is -4.24. The van der Waals surface area contributed by atoms with Gasteiger partial charge in [0.1, 0.15) is 11.6 Å². The van der Waals surface area contributed by atoms with E-state index >= 15 is 0 Å². The molecule has 3 saturated heterocycles. The van der Waals surface area contributed by atoms with Crippen LogP contribution in [0.1, 0.15) is 24.4 Å². The molecule has 3 fully saturated rings. The molecule has 232 valence electrons. The first-order valence-electron chi connectivity index (χ1n) is 15.2. The number of benzene rings is 3. The number of ether oxygens (including phenoxy) is 1. The number of hydrogen-bond donors (Lipinski definition) is 1. The zero-order valence-corrected chi connectivity index (χ0v) is 25.6. The number of carbonyl (C=O) groups is 3. The summed E-state index contributed by atoms with van der Waals surface area (Å²) in [5.41, 5.74) is 0.688. The van der Waals surface area contributed by atoms with Crippen LogP contribution in [0.3, 0.4) is 0 Å². The molecular weight excluding hydrogens is 590 g/mol. The van der Waals surface area contributed by atoms with E-state index in [2.05, 4.69) is 13.2 Å². The van der Waals surface area contributed by atoms with E-state index in [0.717, 1.165) is 0 Å². The van der Waals surface area contributed by atoms with Crippen molar-refractivity contribution in [2.24, 2.45) is 11.8 Å². The van der Waals surface area contributed by atoms with Crippen molar-refractivity contribution in [3.63, 3.8) is 0 Å². The lowest BCUT2D eigenvalue weighted by Crippen LogP contribution is -2.57. The number of likely N-dealkylation sites (tertiary alicyclic amines) is 1. The van der Waals surface area contributed by atoms with E-state index in [-0.39, 0.29) is 30.8 Å². The van der Waals surface area contributed by atoms with E-state index in [0.29, 0.717) is 34.8 Å². The molecule has 3 aliphatic heterocycles. The Kier molecular flexibility index (Phi) is 8.64. The number of fused-ring (bicyclic) bond motifs is 1. The average Bonchev–Trinajstić information content (AvgIpc) is 3.71. The number of para-hydroxylation sites is 1. The van der Waals surface area contributed by atoms with Gasteiger partial charge >= 0.3 is 0 Å². The van der Waals surface area contributed by atoms with Crippen molar-refractivity contribution in [3.05, 3.63) is 121 Å². The SMILES string of the molecule is C=CCN(C(=O)C1N([C@H](CO)c2ccccc2)C(=O)[C@@H]2[C@H](C(=O)N(CC=C)c3ccccc3)[C@@H]3CCC12O3)c1ccc(Cl)cc1. The van der Waals surface area contributed by atoms with Gasteiger partial charge in [-0.3, -0.25) is 14.4 Å². The van der Waals surface area contributed by atoms with Crippen LogP contribution in [0.25, 0.3) is 0 Å². The molecule has 3 aromatic carbocycles. The van der Waals surface area contributed by atoms with Crippen LogP contribution in [0.4, 0.5) is 11.4 Å². The van der Waals surface area contributed by atoms with Gasteiger partial charge in [-0.25, -0.2) is 0 Å². The molecule has 45 heavy (non-hydrogen) atoms. The second kappa shape index (κ2) is 12.6. The van der Waals surface area contributed by atoms with Crippen LogP contribution < -0.4 is 9.80 Å². The van der Waals surface area contributed by atoms with Crippen LogP contribution in [0, 0.1) is 11.8 Å². The molecule has 2 unspecified atom stereocenters. The largest absolute Gasteiger partial charge is 0.394 e. The van der Waals surface area contributed by atoms with Crippen molar-refractivity contribution in [2.75, 3.05) is 29.5 Å². The number of carbonyl (C=O) groups excluding carboxylic acids is 3. The molecule has 0 aliphatic carbocycles. The highest BCUT2D eigenvalue weighted by Gasteiger charge is 2.75. The fourth-order valence-electron chi connectivity index (χ4n) is 7.48. The van der Waals surface area contributed by atoms with Crippen molar-refractivity contribution >= 4 is 40.7 Å². The van der Waals surface area contributed by atoms with Crippen LogP contribution >= 0.6 is 11.6 Å². The summed E-state index contributed by atoms with van der Waals surface area (Å²) in [6.07, 6.45) is 3.68. The first-order chi connectivity index (χ1) is 21.9. The van der Waals surface area contributed by atoms with Crippen LogP contribution in [-0.2, 0) is 19.1 Å². The summed E-state index contributed by atoms with van der Waals surface area (Å²) < 4.78 is 6.72. The van der Waals surface area contributed by atoms with Crippen LogP contribution in [0.15, 0.2) is 110 Å². The molecule has 6 atom stereocenters. The van der Waals surface area contributed by atoms with E-state index in [1.54, 1.807) is 46.2 Å². The fraction of sp³-hybridized carbons (Fsp3) is 0.306. The van der Waals surface area contributed by atoms with E-state index in [1.165, 1.54) is 4.90 Å². The number of rotatable bonds is 11. The number of halogens is 1. The maximum Gasteiger partial charge on any atom is 0.253 e. The normalized spacial score (nSPS) is 25.5. The van der Waals surface area contributed by atoms with Crippen molar-refractivity contribution < 1.29 is 24.2 Å². The van der Waals surface area contributed by atoms with Gasteiger partial charge in [0.05, 0.1) is 30.6 Å². The Morgan fingerprint density at radius 1 is 0.933 bits per heavy atom. The molecule has 3 aromatic rings. The molecule has 3 aliphatic rings. The molecule has 0 aromatic heterocycles. The predicted molar refractivity (Wildman–Crippen MR) is 174 cm³/mol. The second-order valence-electron chi connectivity index (χ2n) is 11.7. The van der Waals surface area contributed by atoms with Gasteiger partial charge < -0.3 is 24.5 Å². The third-order valence-corrected chi connectivity index (χ3v) is 9.56. The Labute approximate surface area is 268 Å². The lowest BCUT2D eigenvalue weighted by molar-refractivity contribution is -0.144. The Morgan fingerprint density at radius 3 is 2.11 bits per heavy atom. The molecule has 1 N–H and O–H groups in total. The van der Waals surface area contributed by atoms with Crippen LogP contribution in [-0.4, -0.2) is 65.2 Å². The van der Waals surface area contributed by atoms with Gasteiger partial charge in [0, 0.05) is 29.5 Å². The minimum Gasteiger partial charge on any atom is -0.394 e. The topological polar surface area (TPSA) is 90.4 Å². The van der Waals surface area contributed by atoms with Crippen molar-refractivity contribution in [1.82, 2.24) is 4.90 Å². The van der Waals surface area contributed by atoms with Gasteiger partial charge in [0.25, 0.3) is 5.91 Å². The first-order valence-corrected chi connectivity index (χ1v) is 15.5. The smallest absolute Gasteiger partial charge is 0.253 e. The minimum absolute atomic E-state index is 0.168. The summed E-state index contributed by atoms with van der Waals surface area (Å²) in [4.78, 5) is 48.8. The van der Waals surface area contributed by atoms with E-state index in [1.807, 2.05) is 60.7 Å². The molecule has 0 radical (unpaired) electrons. The van der Waals surface area contributed by atoms with Crippen LogP contribution in [0.5, 0.6) is 0 Å². The molecule has 3 amide bonds. The third-order valence-electron chi connectivity index (χ3n) is 9.31. The number of nitrogens with zero attached hydrogens (tertiary/aromatic N) is 3. The third kappa shape index (κ3) is 5.17. The standard InChI is InChI=1S/C36H36ClN3O5/c1-3-21-38(26-13-9-6-10-14-26)33(42)30-29-19-20-36(45-29)31(30)34(43)40(28(23-41)24-11-7-5-8-12-24)32(36)35(44)39(22-4-2)27-17-15-25(37)16-18-27/h3-18,28-32,41H,1-2,19-23H2/t28-,29+,30-,31+,32?,36?/m1/s1. The van der Waals surface area contributed by atoms with Crippen molar-refractivity contribution in [1.29, 1.82) is 0 Å². The fourth-order valence-corrected chi connectivity index (χ4v) is 7.60. The molecule has 2 bridgehead atoms. The van der Waals surface area contributed by atoms with Crippen molar-refractivity contribution in [3.8, 4) is 0 Å². The summed E-state index contributed by atoms with van der Waals surface area (Å²) in [6.45, 7) is 7.72. The van der Waals surface area contributed by atoms with Crippen LogP contribution in [0.2, 0.25) is 5.02 Å². The molecule has 1 spiro atoms. The number of hydrogen-bond acceptors (Lipinski definition) is 5. The van der Waals surface area contributed by atoms with E-state index in [9.17, 15) is 19.5 Å². The summed E-state index contributed by atoms with van der Waals surface area (Å²) in [5, 5.41) is 11.3. The molecule has 0 saturated carbocycles. The monoisotopic (exact) mass is 625 g/mol. The molecule has 6 rings (SSSR count). The summed E-state index contributed by atoms with van der Waals surface area (Å²) in [7, 11) is 0. The highest BCUT2D eigenvalue weighted by molar-refractivity contribution is 6.30. The zero-order chi connectivity index (χ0) is 31.7. The van der Waals surface area contributed by atoms with E-state index < -0.39 is 42.2 Å². The second-order valence-corrected chi connectivity index (χ2v) is 12.1. The lowest BCUT2D eigenvalue weighted by atomic mass is 9.70. The summed E-state index contributed by atoms with van der Waals surface area (Å²) in [6, 6.07) is 23.4. The molecule has 3 heterocycles. The Balaban J connectivity index is 1.47. The van der Waals surface area contributed by atoms with Crippen molar-refractivity contribution in [2.45, 2.75) is 36.6 Å². The highest BCUT2D eigenvalue weighted by atomic mass is 35.5. The van der Waals surface area contributed by atoms with Gasteiger partial charge in [0.2, 0.25) is 11.8 Å². The average molecular weight is 626 g/mol. The molecular formula is C36H36ClN3O5. The molecule has 9 heteroatoms. The Bertz CT molecular complexity index is 1580. The summed E-state index contributed by atoms with van der Waals surface area (Å²) in [5.74, 6) is -2.73. The lowest BCUT2D eigenvalue weighted by Gasteiger charge is -2.39. The predicted octanol–water partition coefficient (Wildman–Crippen LogP) is 5.19. The zero-order valence-electron chi connectivity index (χ0n) is 24.9. The number of aliphatic hydroxyl groups excluding tert-OH is 1. The van der Waals surface area contributed by atoms with Gasteiger partial charge in [-0.05, 0) is 54.8 Å². The van der Waals surface area contributed by atoms with Gasteiger partial charge in [-0.1, -0.05) is 72.3 Å². The number of aliphatic hydroxyl groups is 1. The Morgan fingerprint density at radius 2 is 1.51 bits per heavy atom. The highest BCUT2D eigenvalue weighted by Crippen LogP contribution is 2.60. The van der Waals surface area contributed by atoms with Gasteiger partial charge in [0.15, 0.2) is 0 Å². The number of anilines is 2. The maximum atomic E-state index is 14.9. The van der Waals surface area contributed by atoms with Gasteiger partial charge in [-0.2, -0.15) is 0 Å². The van der Waals surface area contributed by atoms with E-state index in [4.69, 9.17) is 16.3 Å². The maximum absolute atomic E-state index is 14.9. The first kappa shape index (κ1) is 30.8. The quantitative estimate of drug-likeness (QED) is 0.297. The molecule has 8 nitrogen and oxygen atoms in total. The minimum atomic E-state index is -1.26.